The van der Waals surface area contributed by atoms with E-state index in [0.717, 1.165) is 25.3 Å². The second kappa shape index (κ2) is 7.40. The molecule has 1 atom stereocenters. The number of likely N-dealkylation sites (N-methyl/N-ethyl adjacent to an activating group) is 1. The van der Waals surface area contributed by atoms with Crippen molar-refractivity contribution in [1.29, 1.82) is 0 Å². The van der Waals surface area contributed by atoms with Crippen molar-refractivity contribution in [3.05, 3.63) is 18.2 Å². The Morgan fingerprint density at radius 3 is 2.82 bits per heavy atom. The molecule has 1 N–H and O–H groups in total. The Hall–Kier alpha value is -1.89. The Bertz CT molecular complexity index is 527. The number of rotatable bonds is 7. The average Bonchev–Trinajstić information content (AvgIpc) is 3.11. The molecule has 2 heterocycles. The smallest absolute Gasteiger partial charge is 0.305 e. The monoisotopic (exact) mass is 308 g/mol. The van der Waals surface area contributed by atoms with Gasteiger partial charge in [-0.3, -0.25) is 9.59 Å². The summed E-state index contributed by atoms with van der Waals surface area (Å²) in [4.78, 5) is 31.2. The molecule has 7 nitrogen and oxygen atoms in total. The van der Waals surface area contributed by atoms with Gasteiger partial charge in [-0.15, -0.1) is 0 Å². The predicted molar refractivity (Wildman–Crippen MR) is 81.5 cm³/mol. The molecule has 2 rings (SSSR count). The van der Waals surface area contributed by atoms with Crippen LogP contribution in [0, 0.1) is 0 Å². The molecular formula is C15H24N4O3. The van der Waals surface area contributed by atoms with Crippen molar-refractivity contribution >= 4 is 11.9 Å². The fourth-order valence-corrected chi connectivity index (χ4v) is 2.75. The van der Waals surface area contributed by atoms with Crippen LogP contribution in [0.25, 0.3) is 0 Å². The van der Waals surface area contributed by atoms with E-state index in [2.05, 4.69) is 9.88 Å². The van der Waals surface area contributed by atoms with E-state index in [4.69, 9.17) is 5.11 Å². The molecule has 0 unspecified atom stereocenters. The second-order valence-corrected chi connectivity index (χ2v) is 5.93. The number of carbonyl (C=O) groups is 2. The lowest BCUT2D eigenvalue weighted by molar-refractivity contribution is -0.137. The van der Waals surface area contributed by atoms with E-state index in [1.807, 2.05) is 23.6 Å². The molecule has 7 heteroatoms. The van der Waals surface area contributed by atoms with Crippen LogP contribution in [0.4, 0.5) is 0 Å². The summed E-state index contributed by atoms with van der Waals surface area (Å²) in [6.07, 6.45) is 5.47. The molecule has 0 saturated carbocycles. The zero-order valence-electron chi connectivity index (χ0n) is 13.2. The molecule has 122 valence electrons. The molecule has 1 aliphatic heterocycles. The topological polar surface area (TPSA) is 78.7 Å². The van der Waals surface area contributed by atoms with Crippen molar-refractivity contribution in [3.63, 3.8) is 0 Å². The predicted octanol–water partition coefficient (Wildman–Crippen LogP) is 0.453. The Kier molecular flexibility index (Phi) is 5.54. The summed E-state index contributed by atoms with van der Waals surface area (Å²) >= 11 is 0. The van der Waals surface area contributed by atoms with Crippen LogP contribution in [-0.4, -0.2) is 69.6 Å². The number of likely N-dealkylation sites (tertiary alicyclic amines) is 1. The summed E-state index contributed by atoms with van der Waals surface area (Å²) in [5.74, 6) is 0.0950. The van der Waals surface area contributed by atoms with Crippen LogP contribution in [0.15, 0.2) is 12.4 Å². The van der Waals surface area contributed by atoms with Crippen molar-refractivity contribution in [2.45, 2.75) is 38.3 Å². The lowest BCUT2D eigenvalue weighted by Crippen LogP contribution is -2.34. The van der Waals surface area contributed by atoms with Gasteiger partial charge in [0.15, 0.2) is 0 Å². The minimum Gasteiger partial charge on any atom is -0.481 e. The number of carboxylic acid groups (broad SMARTS) is 1. The van der Waals surface area contributed by atoms with E-state index < -0.39 is 5.97 Å². The van der Waals surface area contributed by atoms with Crippen molar-refractivity contribution in [1.82, 2.24) is 19.4 Å². The number of aromatic nitrogens is 2. The highest BCUT2D eigenvalue weighted by atomic mass is 16.4. The van der Waals surface area contributed by atoms with Gasteiger partial charge in [0.25, 0.3) is 0 Å². The first-order chi connectivity index (χ1) is 10.5. The molecule has 1 aromatic rings. The maximum Gasteiger partial charge on any atom is 0.305 e. The number of nitrogens with zero attached hydrogens (tertiary/aromatic N) is 4. The van der Waals surface area contributed by atoms with E-state index >= 15 is 0 Å². The van der Waals surface area contributed by atoms with Crippen LogP contribution in [0.1, 0.15) is 25.1 Å². The van der Waals surface area contributed by atoms with Gasteiger partial charge in [0.2, 0.25) is 5.91 Å². The zero-order valence-corrected chi connectivity index (χ0v) is 13.2. The number of hydrogen-bond donors (Lipinski definition) is 1. The van der Waals surface area contributed by atoms with E-state index in [1.54, 1.807) is 12.4 Å². The van der Waals surface area contributed by atoms with E-state index in [9.17, 15) is 9.59 Å². The van der Waals surface area contributed by atoms with Crippen LogP contribution in [0.5, 0.6) is 0 Å². The molecule has 0 aromatic carbocycles. The molecule has 0 aliphatic carbocycles. The molecule has 0 radical (unpaired) electrons. The fourth-order valence-electron chi connectivity index (χ4n) is 2.75. The third-order valence-electron chi connectivity index (χ3n) is 4.18. The first kappa shape index (κ1) is 16.5. The third kappa shape index (κ3) is 4.30. The standard InChI is InChI=1S/C15H24N4O3/c1-17(2)12-5-8-19(11-12)14(20)4-3-13-16-7-10-18(13)9-6-15(21)22/h7,10,12H,3-6,8-9,11H2,1-2H3,(H,21,22)/t12-/m0/s1. The molecule has 1 saturated heterocycles. The molecule has 1 aromatic heterocycles. The van der Waals surface area contributed by atoms with Crippen molar-refractivity contribution < 1.29 is 14.7 Å². The molecule has 0 bridgehead atoms. The van der Waals surface area contributed by atoms with Gasteiger partial charge >= 0.3 is 5.97 Å². The maximum absolute atomic E-state index is 12.3. The number of imidazole rings is 1. The summed E-state index contributed by atoms with van der Waals surface area (Å²) in [7, 11) is 4.08. The van der Waals surface area contributed by atoms with Crippen LogP contribution in [0.3, 0.4) is 0 Å². The highest BCUT2D eigenvalue weighted by Crippen LogP contribution is 2.15. The molecule has 1 amide bonds. The number of amides is 1. The minimum absolute atomic E-state index is 0.0634. The highest BCUT2D eigenvalue weighted by Gasteiger charge is 2.27. The normalized spacial score (nSPS) is 18.1. The summed E-state index contributed by atoms with van der Waals surface area (Å²) < 4.78 is 1.81. The van der Waals surface area contributed by atoms with E-state index in [0.29, 0.717) is 25.4 Å². The van der Waals surface area contributed by atoms with E-state index in [1.165, 1.54) is 0 Å². The minimum atomic E-state index is -0.831. The largest absolute Gasteiger partial charge is 0.481 e. The first-order valence-corrected chi connectivity index (χ1v) is 7.63. The van der Waals surface area contributed by atoms with Gasteiger partial charge in [0.05, 0.1) is 6.42 Å². The SMILES string of the molecule is CN(C)[C@H]1CCN(C(=O)CCc2nccn2CCC(=O)O)C1. The van der Waals surface area contributed by atoms with Crippen molar-refractivity contribution in [2.24, 2.45) is 0 Å². The van der Waals surface area contributed by atoms with Crippen LogP contribution < -0.4 is 0 Å². The van der Waals surface area contributed by atoms with Crippen molar-refractivity contribution in [2.75, 3.05) is 27.2 Å². The number of aryl methyl sites for hydroxylation is 2. The first-order valence-electron chi connectivity index (χ1n) is 7.63. The number of hydrogen-bond acceptors (Lipinski definition) is 4. The maximum atomic E-state index is 12.3. The van der Waals surface area contributed by atoms with Gasteiger partial charge in [-0.1, -0.05) is 0 Å². The fraction of sp³-hybridized carbons (Fsp3) is 0.667. The summed E-state index contributed by atoms with van der Waals surface area (Å²) in [6, 6.07) is 0.446. The van der Waals surface area contributed by atoms with Gasteiger partial charge in [0, 0.05) is 50.9 Å². The van der Waals surface area contributed by atoms with Gasteiger partial charge in [-0.2, -0.15) is 0 Å². The molecule has 0 spiro atoms. The number of aliphatic carboxylic acids is 1. The highest BCUT2D eigenvalue weighted by molar-refractivity contribution is 5.76. The molecule has 1 fully saturated rings. The second-order valence-electron chi connectivity index (χ2n) is 5.93. The Morgan fingerprint density at radius 2 is 2.18 bits per heavy atom. The van der Waals surface area contributed by atoms with Crippen molar-refractivity contribution in [3.8, 4) is 0 Å². The van der Waals surface area contributed by atoms with Crippen LogP contribution in [0.2, 0.25) is 0 Å². The third-order valence-corrected chi connectivity index (χ3v) is 4.18. The van der Waals surface area contributed by atoms with E-state index in [-0.39, 0.29) is 12.3 Å². The molecule has 1 aliphatic rings. The van der Waals surface area contributed by atoms with Gasteiger partial charge in [-0.05, 0) is 20.5 Å². The molecule has 22 heavy (non-hydrogen) atoms. The quantitative estimate of drug-likeness (QED) is 0.791. The lowest BCUT2D eigenvalue weighted by Gasteiger charge is -2.20. The Labute approximate surface area is 130 Å². The molecular weight excluding hydrogens is 284 g/mol. The summed E-state index contributed by atoms with van der Waals surface area (Å²) in [5.41, 5.74) is 0. The number of carboxylic acids is 1. The summed E-state index contributed by atoms with van der Waals surface area (Å²) in [6.45, 7) is 2.00. The Morgan fingerprint density at radius 1 is 1.41 bits per heavy atom. The van der Waals surface area contributed by atoms with Crippen LogP contribution in [-0.2, 0) is 22.6 Å². The zero-order chi connectivity index (χ0) is 16.1. The number of carbonyl (C=O) groups excluding carboxylic acids is 1. The average molecular weight is 308 g/mol. The van der Waals surface area contributed by atoms with Gasteiger partial charge in [-0.25, -0.2) is 4.98 Å². The van der Waals surface area contributed by atoms with Crippen LogP contribution >= 0.6 is 0 Å². The van der Waals surface area contributed by atoms with Gasteiger partial charge < -0.3 is 19.5 Å². The van der Waals surface area contributed by atoms with Gasteiger partial charge in [0.1, 0.15) is 5.82 Å². The Balaban J connectivity index is 1.82. The lowest BCUT2D eigenvalue weighted by atomic mass is 10.2. The summed E-state index contributed by atoms with van der Waals surface area (Å²) in [5, 5.41) is 8.74.